The minimum atomic E-state index is -0.658. The number of thioether (sulfide) groups is 1. The van der Waals surface area contributed by atoms with Crippen LogP contribution in [0.25, 0.3) is 0 Å². The standard InChI is InChI=1S/C16H16N2O6S2/c1-23-11-4-5-13(14(7-11)18(21)22)17-15(19)8-24-16(20)10-25-9-12-3-2-6-26-12/h2-7H,8-10H2,1H3,(H,17,19). The van der Waals surface area contributed by atoms with Crippen molar-refractivity contribution in [1.29, 1.82) is 0 Å². The van der Waals surface area contributed by atoms with Crippen molar-refractivity contribution in [2.45, 2.75) is 5.75 Å². The molecule has 1 N–H and O–H groups in total. The van der Waals surface area contributed by atoms with Crippen LogP contribution in [0, 0.1) is 10.1 Å². The Morgan fingerprint density at radius 1 is 1.35 bits per heavy atom. The summed E-state index contributed by atoms with van der Waals surface area (Å²) >= 11 is 2.99. The summed E-state index contributed by atoms with van der Waals surface area (Å²) in [4.78, 5) is 35.1. The molecule has 0 saturated carbocycles. The van der Waals surface area contributed by atoms with E-state index < -0.39 is 23.4 Å². The third kappa shape index (κ3) is 6.05. The summed E-state index contributed by atoms with van der Waals surface area (Å²) in [6.45, 7) is -0.512. The van der Waals surface area contributed by atoms with Crippen molar-refractivity contribution >= 4 is 46.3 Å². The molecule has 1 amide bonds. The molecule has 0 saturated heterocycles. The lowest BCUT2D eigenvalue weighted by atomic mass is 10.2. The number of nitrogens with zero attached hydrogens (tertiary/aromatic N) is 1. The van der Waals surface area contributed by atoms with E-state index in [4.69, 9.17) is 9.47 Å². The average molecular weight is 396 g/mol. The maximum absolute atomic E-state index is 11.9. The van der Waals surface area contributed by atoms with Crippen LogP contribution in [-0.2, 0) is 20.1 Å². The zero-order valence-electron chi connectivity index (χ0n) is 13.8. The summed E-state index contributed by atoms with van der Waals surface area (Å²) in [6.07, 6.45) is 0. The van der Waals surface area contributed by atoms with Crippen LogP contribution in [0.2, 0.25) is 0 Å². The lowest BCUT2D eigenvalue weighted by Gasteiger charge is -2.08. The highest BCUT2D eigenvalue weighted by atomic mass is 32.2. The molecule has 0 radical (unpaired) electrons. The number of esters is 1. The summed E-state index contributed by atoms with van der Waals surface area (Å²) in [6, 6.07) is 7.94. The molecule has 0 aliphatic rings. The number of hydrogen-bond donors (Lipinski definition) is 1. The largest absolute Gasteiger partial charge is 0.496 e. The molecule has 1 heterocycles. The van der Waals surface area contributed by atoms with Crippen LogP contribution < -0.4 is 10.1 Å². The van der Waals surface area contributed by atoms with Crippen molar-refractivity contribution in [3.63, 3.8) is 0 Å². The Morgan fingerprint density at radius 2 is 2.15 bits per heavy atom. The Kier molecular flexibility index (Phi) is 7.42. The summed E-state index contributed by atoms with van der Waals surface area (Å²) < 4.78 is 9.80. The van der Waals surface area contributed by atoms with Gasteiger partial charge in [-0.05, 0) is 23.6 Å². The number of nitro benzene ring substituents is 1. The van der Waals surface area contributed by atoms with E-state index >= 15 is 0 Å². The first-order valence-electron chi connectivity index (χ1n) is 7.37. The molecule has 2 aromatic rings. The SMILES string of the molecule is COc1ccc(NC(=O)COC(=O)CSCc2cccs2)c([N+](=O)[O-])c1. The lowest BCUT2D eigenvalue weighted by Crippen LogP contribution is -2.22. The Bertz CT molecular complexity index is 779. The number of carbonyl (C=O) groups excluding carboxylic acids is 2. The second kappa shape index (κ2) is 9.78. The monoisotopic (exact) mass is 396 g/mol. The number of nitrogens with one attached hydrogen (secondary N) is 1. The fraction of sp³-hybridized carbons (Fsp3) is 0.250. The molecule has 0 atom stereocenters. The van der Waals surface area contributed by atoms with E-state index in [0.717, 1.165) is 4.88 Å². The number of ether oxygens (including phenoxy) is 2. The summed E-state index contributed by atoms with van der Waals surface area (Å²) in [5.41, 5.74) is -0.306. The number of rotatable bonds is 9. The van der Waals surface area contributed by atoms with Gasteiger partial charge in [-0.15, -0.1) is 23.1 Å². The Hall–Kier alpha value is -2.59. The molecule has 26 heavy (non-hydrogen) atoms. The van der Waals surface area contributed by atoms with Gasteiger partial charge in [0.15, 0.2) is 6.61 Å². The van der Waals surface area contributed by atoms with Crippen LogP contribution in [-0.4, -0.2) is 36.3 Å². The molecule has 1 aromatic heterocycles. The maximum atomic E-state index is 11.9. The first-order valence-corrected chi connectivity index (χ1v) is 9.41. The van der Waals surface area contributed by atoms with Crippen molar-refractivity contribution in [1.82, 2.24) is 0 Å². The second-order valence-corrected chi connectivity index (χ2v) is 6.94. The predicted octanol–water partition coefficient (Wildman–Crippen LogP) is 3.08. The Balaban J connectivity index is 1.79. The van der Waals surface area contributed by atoms with Gasteiger partial charge < -0.3 is 14.8 Å². The molecule has 138 valence electrons. The highest BCUT2D eigenvalue weighted by Gasteiger charge is 2.18. The molecule has 10 heteroatoms. The molecule has 2 rings (SSSR count). The Morgan fingerprint density at radius 3 is 2.81 bits per heavy atom. The second-order valence-electron chi connectivity index (χ2n) is 4.92. The molecule has 0 fully saturated rings. The number of methoxy groups -OCH3 is 1. The molecule has 0 bridgehead atoms. The minimum absolute atomic E-state index is 0.00363. The third-order valence-electron chi connectivity index (χ3n) is 3.08. The summed E-state index contributed by atoms with van der Waals surface area (Å²) in [5, 5.41) is 15.4. The number of benzene rings is 1. The third-order valence-corrected chi connectivity index (χ3v) is 5.10. The quantitative estimate of drug-likeness (QED) is 0.394. The van der Waals surface area contributed by atoms with Gasteiger partial charge in [0, 0.05) is 10.6 Å². The van der Waals surface area contributed by atoms with E-state index in [9.17, 15) is 19.7 Å². The first-order chi connectivity index (χ1) is 12.5. The van der Waals surface area contributed by atoms with Crippen LogP contribution in [0.15, 0.2) is 35.7 Å². The van der Waals surface area contributed by atoms with Crippen LogP contribution in [0.1, 0.15) is 4.88 Å². The van der Waals surface area contributed by atoms with Crippen molar-refractivity contribution in [3.05, 3.63) is 50.7 Å². The molecule has 1 aromatic carbocycles. The van der Waals surface area contributed by atoms with E-state index in [1.54, 1.807) is 11.3 Å². The molecule has 8 nitrogen and oxygen atoms in total. The summed E-state index contributed by atoms with van der Waals surface area (Å²) in [5.74, 6) is -0.0741. The van der Waals surface area contributed by atoms with Gasteiger partial charge in [0.2, 0.25) is 0 Å². The van der Waals surface area contributed by atoms with E-state index in [1.165, 1.54) is 37.1 Å². The van der Waals surface area contributed by atoms with E-state index in [0.29, 0.717) is 11.5 Å². The molecule has 0 aliphatic heterocycles. The van der Waals surface area contributed by atoms with Crippen molar-refractivity contribution in [3.8, 4) is 5.75 Å². The molecule has 0 spiro atoms. The van der Waals surface area contributed by atoms with Gasteiger partial charge in [-0.1, -0.05) is 6.07 Å². The van der Waals surface area contributed by atoms with E-state index in [2.05, 4.69) is 5.32 Å². The number of nitro groups is 1. The number of amides is 1. The van der Waals surface area contributed by atoms with Crippen molar-refractivity contribution in [2.24, 2.45) is 0 Å². The summed E-state index contributed by atoms with van der Waals surface area (Å²) in [7, 11) is 1.38. The predicted molar refractivity (Wildman–Crippen MR) is 99.7 cm³/mol. The number of carbonyl (C=O) groups is 2. The fourth-order valence-electron chi connectivity index (χ4n) is 1.90. The topological polar surface area (TPSA) is 108 Å². The van der Waals surface area contributed by atoms with Crippen molar-refractivity contribution < 1.29 is 24.0 Å². The fourth-order valence-corrected chi connectivity index (χ4v) is 3.56. The zero-order valence-corrected chi connectivity index (χ0v) is 15.4. The van der Waals surface area contributed by atoms with E-state index in [-0.39, 0.29) is 17.1 Å². The highest BCUT2D eigenvalue weighted by Crippen LogP contribution is 2.28. The number of thiophene rings is 1. The molecular weight excluding hydrogens is 380 g/mol. The van der Waals surface area contributed by atoms with Crippen LogP contribution in [0.5, 0.6) is 5.75 Å². The van der Waals surface area contributed by atoms with Crippen molar-refractivity contribution in [2.75, 3.05) is 24.8 Å². The Labute approximate surface area is 157 Å². The van der Waals surface area contributed by atoms with Gasteiger partial charge >= 0.3 is 5.97 Å². The van der Waals surface area contributed by atoms with Gasteiger partial charge in [-0.3, -0.25) is 19.7 Å². The van der Waals surface area contributed by atoms with Gasteiger partial charge in [-0.2, -0.15) is 0 Å². The first kappa shape index (κ1) is 19.7. The molecular formula is C16H16N2O6S2. The van der Waals surface area contributed by atoms with Crippen LogP contribution in [0.4, 0.5) is 11.4 Å². The highest BCUT2D eigenvalue weighted by molar-refractivity contribution is 7.99. The number of hydrogen-bond acceptors (Lipinski definition) is 8. The molecule has 0 aliphatic carbocycles. The normalized spacial score (nSPS) is 10.2. The zero-order chi connectivity index (χ0) is 18.9. The lowest BCUT2D eigenvalue weighted by molar-refractivity contribution is -0.384. The van der Waals surface area contributed by atoms with Gasteiger partial charge in [0.05, 0.1) is 23.9 Å². The number of anilines is 1. The van der Waals surface area contributed by atoms with Gasteiger partial charge in [0.25, 0.3) is 11.6 Å². The average Bonchev–Trinajstić information content (AvgIpc) is 3.13. The maximum Gasteiger partial charge on any atom is 0.316 e. The smallest absolute Gasteiger partial charge is 0.316 e. The van der Waals surface area contributed by atoms with Crippen LogP contribution >= 0.6 is 23.1 Å². The van der Waals surface area contributed by atoms with E-state index in [1.807, 2.05) is 17.5 Å². The minimum Gasteiger partial charge on any atom is -0.496 e. The van der Waals surface area contributed by atoms with Gasteiger partial charge in [-0.25, -0.2) is 0 Å². The van der Waals surface area contributed by atoms with Crippen LogP contribution in [0.3, 0.4) is 0 Å². The molecule has 0 unspecified atom stereocenters. The van der Waals surface area contributed by atoms with Gasteiger partial charge in [0.1, 0.15) is 11.4 Å².